The maximum Gasteiger partial charge on any atom is 0.345 e. The molecule has 2 aromatic carbocycles. The predicted molar refractivity (Wildman–Crippen MR) is 88.6 cm³/mol. The van der Waals surface area contributed by atoms with Crippen molar-refractivity contribution in [2.45, 2.75) is 13.8 Å². The molecule has 2 aromatic rings. The number of hydrogen-bond donors (Lipinski definition) is 0. The molecule has 0 saturated heterocycles. The van der Waals surface area contributed by atoms with Crippen molar-refractivity contribution in [3.8, 4) is 0 Å². The molecule has 0 unspecified atom stereocenters. The molecule has 0 spiro atoms. The predicted octanol–water partition coefficient (Wildman–Crippen LogP) is 3.90. The van der Waals surface area contributed by atoms with Gasteiger partial charge in [-0.1, -0.05) is 29.3 Å². The first kappa shape index (κ1) is 17.6. The van der Waals surface area contributed by atoms with Crippen molar-refractivity contribution in [1.29, 1.82) is 0 Å². The number of halogens is 1. The number of esters is 1. The van der Waals surface area contributed by atoms with Gasteiger partial charge < -0.3 is 4.74 Å². The van der Waals surface area contributed by atoms with Gasteiger partial charge in [-0.05, 0) is 37.6 Å². The van der Waals surface area contributed by atoms with E-state index in [9.17, 15) is 19.7 Å². The molecule has 6 nitrogen and oxygen atoms in total. The molecule has 0 aliphatic rings. The minimum atomic E-state index is -0.970. The summed E-state index contributed by atoms with van der Waals surface area (Å²) in [4.78, 5) is 34.5. The molecule has 0 saturated carbocycles. The van der Waals surface area contributed by atoms with Gasteiger partial charge in [-0.3, -0.25) is 14.9 Å². The average Bonchev–Trinajstić information content (AvgIpc) is 2.54. The third-order valence-corrected chi connectivity index (χ3v) is 3.64. The van der Waals surface area contributed by atoms with Gasteiger partial charge in [0.1, 0.15) is 5.56 Å². The highest BCUT2D eigenvalue weighted by molar-refractivity contribution is 6.31. The number of benzene rings is 2. The number of carbonyl (C=O) groups excluding carboxylic acids is 2. The van der Waals surface area contributed by atoms with Crippen molar-refractivity contribution < 1.29 is 19.2 Å². The second-order valence-electron chi connectivity index (χ2n) is 5.24. The minimum absolute atomic E-state index is 0.161. The van der Waals surface area contributed by atoms with Gasteiger partial charge >= 0.3 is 5.97 Å². The molecule has 0 atom stereocenters. The van der Waals surface area contributed by atoms with Crippen LogP contribution >= 0.6 is 11.6 Å². The Hall–Kier alpha value is -2.73. The van der Waals surface area contributed by atoms with E-state index in [1.54, 1.807) is 19.1 Å². The van der Waals surface area contributed by atoms with Gasteiger partial charge in [-0.2, -0.15) is 0 Å². The zero-order valence-corrected chi connectivity index (χ0v) is 13.8. The number of nitrogens with zero attached hydrogens (tertiary/aromatic N) is 1. The van der Waals surface area contributed by atoms with E-state index in [1.807, 2.05) is 13.0 Å². The van der Waals surface area contributed by atoms with Gasteiger partial charge in [0.2, 0.25) is 5.78 Å². The highest BCUT2D eigenvalue weighted by Gasteiger charge is 2.23. The number of carbonyl (C=O) groups is 2. The fourth-order valence-electron chi connectivity index (χ4n) is 2.15. The summed E-state index contributed by atoms with van der Waals surface area (Å²) >= 11 is 5.77. The van der Waals surface area contributed by atoms with Crippen LogP contribution in [0.5, 0.6) is 0 Å². The Labute approximate surface area is 143 Å². The highest BCUT2D eigenvalue weighted by Crippen LogP contribution is 2.23. The highest BCUT2D eigenvalue weighted by atomic mass is 35.5. The Kier molecular flexibility index (Phi) is 5.31. The van der Waals surface area contributed by atoms with Crippen molar-refractivity contribution in [3.63, 3.8) is 0 Å². The van der Waals surface area contributed by atoms with Crippen LogP contribution in [0.3, 0.4) is 0 Å². The Bertz CT molecular complexity index is 832. The van der Waals surface area contributed by atoms with E-state index < -0.39 is 23.2 Å². The van der Waals surface area contributed by atoms with Crippen molar-refractivity contribution in [1.82, 2.24) is 0 Å². The van der Waals surface area contributed by atoms with E-state index in [-0.39, 0.29) is 16.4 Å². The second-order valence-corrected chi connectivity index (χ2v) is 5.67. The minimum Gasteiger partial charge on any atom is -0.454 e. The maximum atomic E-state index is 12.2. The van der Waals surface area contributed by atoms with Crippen LogP contribution in [-0.4, -0.2) is 23.3 Å². The summed E-state index contributed by atoms with van der Waals surface area (Å²) in [7, 11) is 0. The molecule has 0 heterocycles. The Morgan fingerprint density at radius 1 is 1.12 bits per heavy atom. The van der Waals surface area contributed by atoms with Crippen molar-refractivity contribution >= 4 is 29.0 Å². The number of ketones is 1. The van der Waals surface area contributed by atoms with Gasteiger partial charge in [0.05, 0.1) is 4.92 Å². The van der Waals surface area contributed by atoms with Crippen LogP contribution < -0.4 is 0 Å². The number of Topliss-reactive ketones (excluding diaryl/α,β-unsaturated/α-hetero) is 1. The standard InChI is InChI=1S/C17H14ClNO5/c1-10-3-4-11(2)13(7-10)16(20)9-24-17(21)14-8-12(18)5-6-15(14)19(22)23/h3-8H,9H2,1-2H3. The van der Waals surface area contributed by atoms with Crippen molar-refractivity contribution in [2.24, 2.45) is 0 Å². The van der Waals surface area contributed by atoms with Crippen LogP contribution in [-0.2, 0) is 4.74 Å². The lowest BCUT2D eigenvalue weighted by molar-refractivity contribution is -0.385. The number of ether oxygens (including phenoxy) is 1. The monoisotopic (exact) mass is 347 g/mol. The molecule has 124 valence electrons. The van der Waals surface area contributed by atoms with Crippen LogP contribution in [0.4, 0.5) is 5.69 Å². The summed E-state index contributed by atoms with van der Waals surface area (Å²) < 4.78 is 4.93. The number of nitro groups is 1. The zero-order chi connectivity index (χ0) is 17.9. The second kappa shape index (κ2) is 7.23. The van der Waals surface area contributed by atoms with Crippen molar-refractivity contribution in [2.75, 3.05) is 6.61 Å². The molecule has 0 radical (unpaired) electrons. The van der Waals surface area contributed by atoms with Crippen LogP contribution in [0.2, 0.25) is 5.02 Å². The Morgan fingerprint density at radius 2 is 1.83 bits per heavy atom. The molecule has 0 aliphatic carbocycles. The molecule has 0 fully saturated rings. The van der Waals surface area contributed by atoms with E-state index in [0.29, 0.717) is 5.56 Å². The number of rotatable bonds is 5. The molecule has 7 heteroatoms. The number of hydrogen-bond acceptors (Lipinski definition) is 5. The zero-order valence-electron chi connectivity index (χ0n) is 13.0. The summed E-state index contributed by atoms with van der Waals surface area (Å²) in [5.41, 5.74) is 1.39. The quantitative estimate of drug-likeness (QED) is 0.354. The average molecular weight is 348 g/mol. The Morgan fingerprint density at radius 3 is 2.50 bits per heavy atom. The van der Waals surface area contributed by atoms with E-state index in [0.717, 1.165) is 23.3 Å². The molecule has 0 amide bonds. The fourth-order valence-corrected chi connectivity index (χ4v) is 2.33. The molecule has 24 heavy (non-hydrogen) atoms. The summed E-state index contributed by atoms with van der Waals surface area (Å²) in [6.07, 6.45) is 0. The lowest BCUT2D eigenvalue weighted by Gasteiger charge is -2.08. The molecular weight excluding hydrogens is 334 g/mol. The number of aryl methyl sites for hydroxylation is 2. The normalized spacial score (nSPS) is 10.3. The van der Waals surface area contributed by atoms with Crippen molar-refractivity contribution in [3.05, 3.63) is 73.8 Å². The first-order valence-electron chi connectivity index (χ1n) is 7.01. The van der Waals surface area contributed by atoms with Crippen LogP contribution in [0, 0.1) is 24.0 Å². The summed E-state index contributed by atoms with van der Waals surface area (Å²) in [5.74, 6) is -1.35. The largest absolute Gasteiger partial charge is 0.454 e. The third kappa shape index (κ3) is 3.97. The van der Waals surface area contributed by atoms with E-state index >= 15 is 0 Å². The molecule has 0 bridgehead atoms. The molecule has 0 aromatic heterocycles. The van der Waals surface area contributed by atoms with Gasteiger partial charge in [-0.25, -0.2) is 4.79 Å². The fraction of sp³-hybridized carbons (Fsp3) is 0.176. The molecule has 0 aliphatic heterocycles. The van der Waals surface area contributed by atoms with Crippen LogP contribution in [0.15, 0.2) is 36.4 Å². The van der Waals surface area contributed by atoms with Gasteiger partial charge in [0.15, 0.2) is 6.61 Å². The first-order chi connectivity index (χ1) is 11.3. The maximum absolute atomic E-state index is 12.2. The molecule has 2 rings (SSSR count). The lowest BCUT2D eigenvalue weighted by atomic mass is 10.0. The van der Waals surface area contributed by atoms with E-state index in [2.05, 4.69) is 0 Å². The van der Waals surface area contributed by atoms with Gasteiger partial charge in [0, 0.05) is 16.7 Å². The summed E-state index contributed by atoms with van der Waals surface area (Å²) in [6.45, 7) is 3.11. The molecule has 0 N–H and O–H groups in total. The van der Waals surface area contributed by atoms with Crippen LogP contribution in [0.1, 0.15) is 31.8 Å². The number of nitro benzene ring substituents is 1. The topological polar surface area (TPSA) is 86.5 Å². The smallest absolute Gasteiger partial charge is 0.345 e. The van der Waals surface area contributed by atoms with E-state index in [1.165, 1.54) is 6.07 Å². The van der Waals surface area contributed by atoms with Gasteiger partial charge in [-0.15, -0.1) is 0 Å². The van der Waals surface area contributed by atoms with Crippen LogP contribution in [0.25, 0.3) is 0 Å². The SMILES string of the molecule is Cc1ccc(C)c(C(=O)COC(=O)c2cc(Cl)ccc2[N+](=O)[O-])c1. The summed E-state index contributed by atoms with van der Waals surface area (Å²) in [5, 5.41) is 11.1. The summed E-state index contributed by atoms with van der Waals surface area (Å²) in [6, 6.07) is 8.93. The third-order valence-electron chi connectivity index (χ3n) is 3.40. The molecular formula is C17H14ClNO5. The van der Waals surface area contributed by atoms with Gasteiger partial charge in [0.25, 0.3) is 5.69 Å². The lowest BCUT2D eigenvalue weighted by Crippen LogP contribution is -2.16. The first-order valence-corrected chi connectivity index (χ1v) is 7.39. The van der Waals surface area contributed by atoms with E-state index in [4.69, 9.17) is 16.3 Å². The Balaban J connectivity index is 2.16.